The van der Waals surface area contributed by atoms with Crippen LogP contribution in [-0.2, 0) is 21.8 Å². The molecule has 1 aliphatic heterocycles. The van der Waals surface area contributed by atoms with Crippen LogP contribution in [0.5, 0.6) is 0 Å². The van der Waals surface area contributed by atoms with Crippen molar-refractivity contribution in [3.63, 3.8) is 0 Å². The van der Waals surface area contributed by atoms with Crippen molar-refractivity contribution in [2.24, 2.45) is 12.0 Å². The Hall–Kier alpha value is -2.40. The summed E-state index contributed by atoms with van der Waals surface area (Å²) in [5, 5.41) is 0. The van der Waals surface area contributed by atoms with Gasteiger partial charge in [-0.25, -0.2) is 12.8 Å². The highest BCUT2D eigenvalue weighted by Crippen LogP contribution is 2.20. The summed E-state index contributed by atoms with van der Waals surface area (Å²) in [4.78, 5) is 17.3. The molecule has 31 heavy (non-hydrogen) atoms. The number of hydrogen-bond acceptors (Lipinski definition) is 5. The summed E-state index contributed by atoms with van der Waals surface area (Å²) in [6.07, 6.45) is 1.69. The van der Waals surface area contributed by atoms with Crippen LogP contribution < -0.4 is 4.80 Å². The maximum absolute atomic E-state index is 13.4. The van der Waals surface area contributed by atoms with Crippen molar-refractivity contribution in [1.82, 2.24) is 8.87 Å². The summed E-state index contributed by atoms with van der Waals surface area (Å²) in [6.45, 7) is 0.951. The largest absolute Gasteiger partial charge is 0.377 e. The van der Waals surface area contributed by atoms with Crippen LogP contribution in [0, 0.1) is 5.82 Å². The zero-order chi connectivity index (χ0) is 22.2. The van der Waals surface area contributed by atoms with Gasteiger partial charge in [0.2, 0.25) is 10.0 Å². The number of halogens is 1. The van der Waals surface area contributed by atoms with Gasteiger partial charge in [0.25, 0.3) is 5.91 Å². The van der Waals surface area contributed by atoms with E-state index in [0.29, 0.717) is 22.7 Å². The summed E-state index contributed by atoms with van der Waals surface area (Å²) in [6, 6.07) is 10.1. The van der Waals surface area contributed by atoms with Crippen LogP contribution in [0.2, 0.25) is 0 Å². The normalized spacial score (nSPS) is 17.7. The lowest BCUT2D eigenvalue weighted by molar-refractivity contribution is 0.0979. The number of likely N-dealkylation sites (N-methyl/N-ethyl adjacent to an activating group) is 1. The summed E-state index contributed by atoms with van der Waals surface area (Å²) < 4.78 is 48.2. The molecule has 0 aliphatic carbocycles. The number of amides is 1. The average molecular weight is 464 g/mol. The molecule has 1 aromatic heterocycles. The second-order valence-electron chi connectivity index (χ2n) is 7.42. The first kappa shape index (κ1) is 21.8. The van der Waals surface area contributed by atoms with E-state index >= 15 is 0 Å². The van der Waals surface area contributed by atoms with Crippen molar-refractivity contribution in [1.29, 1.82) is 0 Å². The fourth-order valence-corrected chi connectivity index (χ4v) is 5.73. The third-order valence-electron chi connectivity index (χ3n) is 5.26. The molecule has 10 heteroatoms. The number of carbonyl (C=O) groups excluding carboxylic acids is 1. The Balaban J connectivity index is 1.55. The van der Waals surface area contributed by atoms with Crippen LogP contribution in [0.4, 0.5) is 4.39 Å². The van der Waals surface area contributed by atoms with E-state index in [4.69, 9.17) is 4.74 Å². The van der Waals surface area contributed by atoms with Gasteiger partial charge in [-0.3, -0.25) is 4.79 Å². The van der Waals surface area contributed by atoms with E-state index in [1.807, 2.05) is 0 Å². The van der Waals surface area contributed by atoms with Crippen LogP contribution in [0.3, 0.4) is 0 Å². The van der Waals surface area contributed by atoms with Crippen molar-refractivity contribution < 1.29 is 22.3 Å². The van der Waals surface area contributed by atoms with E-state index in [0.717, 1.165) is 18.4 Å². The molecule has 0 N–H and O–H groups in total. The average Bonchev–Trinajstić information content (AvgIpc) is 3.36. The number of sulfonamides is 1. The van der Waals surface area contributed by atoms with Crippen LogP contribution in [0.25, 0.3) is 10.2 Å². The molecule has 3 aromatic rings. The van der Waals surface area contributed by atoms with E-state index in [9.17, 15) is 17.6 Å². The topological polar surface area (TPSA) is 81.0 Å². The maximum Gasteiger partial charge on any atom is 0.279 e. The highest BCUT2D eigenvalue weighted by molar-refractivity contribution is 7.89. The van der Waals surface area contributed by atoms with Crippen molar-refractivity contribution in [2.75, 3.05) is 20.2 Å². The summed E-state index contributed by atoms with van der Waals surface area (Å²) in [5.41, 5.74) is 1.04. The lowest BCUT2D eigenvalue weighted by Gasteiger charge is -2.20. The fraction of sp³-hybridized carbons (Fsp3) is 0.333. The van der Waals surface area contributed by atoms with Crippen molar-refractivity contribution in [3.05, 3.63) is 58.6 Å². The summed E-state index contributed by atoms with van der Waals surface area (Å²) >= 11 is 1.21. The van der Waals surface area contributed by atoms with E-state index < -0.39 is 15.9 Å². The van der Waals surface area contributed by atoms with Crippen molar-refractivity contribution in [3.8, 4) is 0 Å². The molecular formula is C21H22FN3O4S2. The van der Waals surface area contributed by atoms with Crippen LogP contribution in [0.15, 0.2) is 52.4 Å². The van der Waals surface area contributed by atoms with Crippen LogP contribution >= 0.6 is 11.3 Å². The number of aryl methyl sites for hydroxylation is 1. The Morgan fingerprint density at radius 1 is 1.29 bits per heavy atom. The first-order valence-electron chi connectivity index (χ1n) is 9.78. The Morgan fingerprint density at radius 2 is 2.03 bits per heavy atom. The van der Waals surface area contributed by atoms with E-state index in [-0.39, 0.29) is 22.4 Å². The monoisotopic (exact) mass is 463 g/mol. The molecule has 7 nitrogen and oxygen atoms in total. The molecule has 1 unspecified atom stereocenters. The first-order valence-corrected chi connectivity index (χ1v) is 12.0. The highest BCUT2D eigenvalue weighted by Gasteiger charge is 2.26. The standard InChI is InChI=1S/C21H22FN3O4S2/c1-24(13-16-4-3-11-29-16)31(27,28)17-8-5-14(6-9-17)20(26)23-21-25(2)18-10-7-15(22)12-19(18)30-21/h5-10,12,16H,3-4,11,13H2,1-2H3. The van der Waals surface area contributed by atoms with Crippen LogP contribution in [-0.4, -0.2) is 49.5 Å². The predicted octanol–water partition coefficient (Wildman–Crippen LogP) is 2.92. The molecule has 0 radical (unpaired) electrons. The molecule has 1 fully saturated rings. The minimum absolute atomic E-state index is 0.0880. The maximum atomic E-state index is 13.4. The molecule has 1 atom stereocenters. The summed E-state index contributed by atoms with van der Waals surface area (Å²) in [7, 11) is -0.406. The quantitative estimate of drug-likeness (QED) is 0.583. The van der Waals surface area contributed by atoms with Gasteiger partial charge >= 0.3 is 0 Å². The number of benzene rings is 2. The number of nitrogens with zero attached hydrogens (tertiary/aromatic N) is 3. The Kier molecular flexibility index (Phi) is 6.07. The van der Waals surface area contributed by atoms with Gasteiger partial charge in [0.1, 0.15) is 5.82 Å². The third kappa shape index (κ3) is 4.47. The molecule has 1 amide bonds. The smallest absolute Gasteiger partial charge is 0.279 e. The Bertz CT molecular complexity index is 1290. The number of hydrogen-bond donors (Lipinski definition) is 0. The highest BCUT2D eigenvalue weighted by atomic mass is 32.2. The van der Waals surface area contributed by atoms with Gasteiger partial charge in [0.05, 0.1) is 21.2 Å². The number of rotatable bonds is 5. The van der Waals surface area contributed by atoms with Gasteiger partial charge in [-0.05, 0) is 55.3 Å². The molecule has 1 saturated heterocycles. The van der Waals surface area contributed by atoms with Crippen molar-refractivity contribution in [2.45, 2.75) is 23.8 Å². The molecule has 2 aromatic carbocycles. The number of thiazole rings is 1. The second-order valence-corrected chi connectivity index (χ2v) is 10.5. The minimum Gasteiger partial charge on any atom is -0.377 e. The molecule has 0 bridgehead atoms. The number of aromatic nitrogens is 1. The van der Waals surface area contributed by atoms with Crippen LogP contribution in [0.1, 0.15) is 23.2 Å². The van der Waals surface area contributed by atoms with E-state index in [2.05, 4.69) is 4.99 Å². The van der Waals surface area contributed by atoms with Gasteiger partial charge in [0, 0.05) is 32.8 Å². The second kappa shape index (κ2) is 8.62. The molecule has 0 spiro atoms. The predicted molar refractivity (Wildman–Crippen MR) is 116 cm³/mol. The fourth-order valence-electron chi connectivity index (χ4n) is 3.49. The van der Waals surface area contributed by atoms with Gasteiger partial charge in [-0.15, -0.1) is 0 Å². The van der Waals surface area contributed by atoms with Gasteiger partial charge in [-0.1, -0.05) is 11.3 Å². The van der Waals surface area contributed by atoms with Gasteiger partial charge in [-0.2, -0.15) is 9.30 Å². The zero-order valence-corrected chi connectivity index (χ0v) is 18.7. The third-order valence-corrected chi connectivity index (χ3v) is 8.19. The Morgan fingerprint density at radius 3 is 2.71 bits per heavy atom. The van der Waals surface area contributed by atoms with Gasteiger partial charge < -0.3 is 9.30 Å². The lowest BCUT2D eigenvalue weighted by Crippen LogP contribution is -2.34. The minimum atomic E-state index is -3.68. The van der Waals surface area contributed by atoms with E-state index in [1.54, 1.807) is 17.7 Å². The molecule has 164 valence electrons. The molecule has 2 heterocycles. The van der Waals surface area contributed by atoms with E-state index in [1.165, 1.54) is 59.1 Å². The SMILES string of the molecule is CN(CC1CCCO1)S(=O)(=O)c1ccc(C(=O)N=c2sc3cc(F)ccc3n2C)cc1. The molecule has 1 aliphatic rings. The number of ether oxygens (including phenoxy) is 1. The lowest BCUT2D eigenvalue weighted by atomic mass is 10.2. The first-order chi connectivity index (χ1) is 14.8. The Labute approximate surface area is 183 Å². The molecule has 0 saturated carbocycles. The summed E-state index contributed by atoms with van der Waals surface area (Å²) in [5.74, 6) is -0.854. The van der Waals surface area contributed by atoms with Gasteiger partial charge in [0.15, 0.2) is 4.80 Å². The molecular weight excluding hydrogens is 441 g/mol. The molecule has 4 rings (SSSR count). The van der Waals surface area contributed by atoms with Crippen molar-refractivity contribution >= 4 is 37.5 Å². The number of carbonyl (C=O) groups is 1. The number of fused-ring (bicyclic) bond motifs is 1. The zero-order valence-electron chi connectivity index (χ0n) is 17.1.